The van der Waals surface area contributed by atoms with Crippen molar-refractivity contribution < 1.29 is 9.90 Å². The molecule has 0 spiro atoms. The fourth-order valence-electron chi connectivity index (χ4n) is 1.63. The minimum Gasteiger partial charge on any atom is -0.481 e. The summed E-state index contributed by atoms with van der Waals surface area (Å²) in [4.78, 5) is 10.3. The van der Waals surface area contributed by atoms with Crippen LogP contribution in [0.1, 0.15) is 32.1 Å². The summed E-state index contributed by atoms with van der Waals surface area (Å²) < 4.78 is 0. The monoisotopic (exact) mass is 239 g/mol. The Kier molecular flexibility index (Phi) is 7.41. The lowest BCUT2D eigenvalue weighted by atomic mass is 9.96. The highest BCUT2D eigenvalue weighted by Crippen LogP contribution is 2.27. The molecule has 0 radical (unpaired) electrons. The lowest BCUT2D eigenvalue weighted by Crippen LogP contribution is -2.35. The Balaban J connectivity index is 0.00000169. The highest BCUT2D eigenvalue weighted by atomic mass is 35.5. The fraction of sp³-hybridized carbons (Fsp3) is 0.889. The van der Waals surface area contributed by atoms with Gasteiger partial charge in [0.2, 0.25) is 0 Å². The zero-order valence-electron chi connectivity index (χ0n) is 8.15. The van der Waals surface area contributed by atoms with Gasteiger partial charge >= 0.3 is 5.97 Å². The van der Waals surface area contributed by atoms with Gasteiger partial charge in [-0.3, -0.25) is 4.79 Å². The lowest BCUT2D eigenvalue weighted by molar-refractivity contribution is -0.136. The molecule has 1 aliphatic rings. The molecule has 0 aromatic carbocycles. The summed E-state index contributed by atoms with van der Waals surface area (Å²) in [5, 5.41) is 8.96. The number of carboxylic acids is 1. The van der Waals surface area contributed by atoms with Gasteiger partial charge in [-0.25, -0.2) is 0 Å². The van der Waals surface area contributed by atoms with Crippen LogP contribution in [0.3, 0.4) is 0 Å². The third kappa shape index (κ3) is 5.08. The molecule has 1 rings (SSSR count). The van der Waals surface area contributed by atoms with Crippen molar-refractivity contribution in [2.75, 3.05) is 5.75 Å². The average molecular weight is 240 g/mol. The number of carbonyl (C=O) groups is 1. The largest absolute Gasteiger partial charge is 0.481 e. The van der Waals surface area contributed by atoms with Crippen LogP contribution in [0.2, 0.25) is 0 Å². The van der Waals surface area contributed by atoms with Crippen molar-refractivity contribution in [2.45, 2.75) is 43.4 Å². The molecule has 1 fully saturated rings. The second-order valence-corrected chi connectivity index (χ2v) is 4.85. The Labute approximate surface area is 95.2 Å². The number of hydrogen-bond donors (Lipinski definition) is 2. The van der Waals surface area contributed by atoms with Crippen molar-refractivity contribution in [3.8, 4) is 0 Å². The smallest absolute Gasteiger partial charge is 0.304 e. The summed E-state index contributed by atoms with van der Waals surface area (Å²) in [6.07, 6.45) is 5.00. The molecule has 1 aliphatic carbocycles. The van der Waals surface area contributed by atoms with Gasteiger partial charge in [0.05, 0.1) is 6.42 Å². The van der Waals surface area contributed by atoms with Crippen LogP contribution < -0.4 is 5.73 Å². The van der Waals surface area contributed by atoms with E-state index in [2.05, 4.69) is 0 Å². The molecule has 84 valence electrons. The molecule has 2 atom stereocenters. The Bertz CT molecular complexity index is 180. The molecule has 0 bridgehead atoms. The topological polar surface area (TPSA) is 63.3 Å². The van der Waals surface area contributed by atoms with E-state index in [9.17, 15) is 4.79 Å². The lowest BCUT2D eigenvalue weighted by Gasteiger charge is -2.27. The molecule has 1 saturated carbocycles. The van der Waals surface area contributed by atoms with Gasteiger partial charge in [0, 0.05) is 17.0 Å². The summed E-state index contributed by atoms with van der Waals surface area (Å²) in [6, 6.07) is 0.285. The quantitative estimate of drug-likeness (QED) is 0.787. The first-order valence-corrected chi connectivity index (χ1v) is 5.84. The van der Waals surface area contributed by atoms with E-state index in [0.717, 1.165) is 12.8 Å². The van der Waals surface area contributed by atoms with Crippen LogP contribution in [0.4, 0.5) is 0 Å². The predicted octanol–water partition coefficient (Wildman–Crippen LogP) is 1.89. The highest BCUT2D eigenvalue weighted by Gasteiger charge is 2.21. The maximum absolute atomic E-state index is 10.3. The van der Waals surface area contributed by atoms with E-state index in [1.807, 2.05) is 0 Å². The van der Waals surface area contributed by atoms with Gasteiger partial charge in [-0.1, -0.05) is 12.8 Å². The van der Waals surface area contributed by atoms with Crippen LogP contribution >= 0.6 is 24.2 Å². The minimum absolute atomic E-state index is 0. The number of hydrogen-bond acceptors (Lipinski definition) is 3. The number of aliphatic carboxylic acids is 1. The van der Waals surface area contributed by atoms with Crippen molar-refractivity contribution >= 4 is 30.1 Å². The third-order valence-electron chi connectivity index (χ3n) is 2.40. The number of rotatable bonds is 4. The number of carboxylic acid groups (broad SMARTS) is 1. The first-order chi connectivity index (χ1) is 6.20. The summed E-state index contributed by atoms with van der Waals surface area (Å²) >= 11 is 1.73. The van der Waals surface area contributed by atoms with E-state index in [-0.39, 0.29) is 24.9 Å². The average Bonchev–Trinajstić information content (AvgIpc) is 2.08. The molecular weight excluding hydrogens is 222 g/mol. The van der Waals surface area contributed by atoms with Crippen molar-refractivity contribution in [2.24, 2.45) is 5.73 Å². The number of halogens is 1. The van der Waals surface area contributed by atoms with Crippen LogP contribution in [0.15, 0.2) is 0 Å². The van der Waals surface area contributed by atoms with Gasteiger partial charge in [-0.05, 0) is 12.8 Å². The highest BCUT2D eigenvalue weighted by molar-refractivity contribution is 7.99. The normalized spacial score (nSPS) is 26.6. The third-order valence-corrected chi connectivity index (χ3v) is 3.85. The summed E-state index contributed by atoms with van der Waals surface area (Å²) in [5.41, 5.74) is 5.93. The molecule has 0 aromatic heterocycles. The van der Waals surface area contributed by atoms with Crippen LogP contribution in [0.25, 0.3) is 0 Å². The maximum atomic E-state index is 10.3. The molecule has 0 saturated heterocycles. The summed E-state index contributed by atoms with van der Waals surface area (Å²) in [7, 11) is 0. The molecule has 0 heterocycles. The Hall–Kier alpha value is 0.0700. The fourth-order valence-corrected chi connectivity index (χ4v) is 2.94. The van der Waals surface area contributed by atoms with E-state index in [0.29, 0.717) is 11.0 Å². The van der Waals surface area contributed by atoms with Gasteiger partial charge in [0.1, 0.15) is 0 Å². The van der Waals surface area contributed by atoms with Crippen molar-refractivity contribution in [3.63, 3.8) is 0 Å². The van der Waals surface area contributed by atoms with Crippen LogP contribution in [-0.4, -0.2) is 28.1 Å². The first-order valence-electron chi connectivity index (χ1n) is 4.79. The van der Waals surface area contributed by atoms with E-state index in [4.69, 9.17) is 10.8 Å². The molecule has 5 heteroatoms. The van der Waals surface area contributed by atoms with Gasteiger partial charge in [0.25, 0.3) is 0 Å². The van der Waals surface area contributed by atoms with E-state index < -0.39 is 5.97 Å². The van der Waals surface area contributed by atoms with Gasteiger partial charge < -0.3 is 10.8 Å². The maximum Gasteiger partial charge on any atom is 0.304 e. The zero-order chi connectivity index (χ0) is 9.68. The molecule has 0 aliphatic heterocycles. The predicted molar refractivity (Wildman–Crippen MR) is 62.2 cm³/mol. The number of thioether (sulfide) groups is 1. The van der Waals surface area contributed by atoms with Gasteiger partial charge in [-0.2, -0.15) is 11.8 Å². The van der Waals surface area contributed by atoms with Crippen molar-refractivity contribution in [3.05, 3.63) is 0 Å². The second kappa shape index (κ2) is 7.37. The zero-order valence-corrected chi connectivity index (χ0v) is 9.78. The Morgan fingerprint density at radius 3 is 2.64 bits per heavy atom. The molecular formula is C9H18ClNO2S. The van der Waals surface area contributed by atoms with Crippen LogP contribution in [0, 0.1) is 0 Å². The van der Waals surface area contributed by atoms with E-state index in [1.54, 1.807) is 11.8 Å². The standard InChI is InChI=1S/C9H17NO2S.ClH/c10-7-3-1-2-4-8(7)13-6-5-9(11)12;/h7-8H,1-6,10H2,(H,11,12);1H/t7-,8-;/m1./s1. The van der Waals surface area contributed by atoms with E-state index in [1.165, 1.54) is 12.8 Å². The molecule has 3 nitrogen and oxygen atoms in total. The second-order valence-electron chi connectivity index (χ2n) is 3.50. The Morgan fingerprint density at radius 1 is 1.43 bits per heavy atom. The van der Waals surface area contributed by atoms with E-state index >= 15 is 0 Å². The molecule has 3 N–H and O–H groups in total. The van der Waals surface area contributed by atoms with Crippen molar-refractivity contribution in [1.29, 1.82) is 0 Å². The Morgan fingerprint density at radius 2 is 2.07 bits per heavy atom. The minimum atomic E-state index is -0.711. The SMILES string of the molecule is Cl.N[C@@H]1CCCC[C@H]1SCCC(=O)O. The molecule has 14 heavy (non-hydrogen) atoms. The van der Waals surface area contributed by atoms with Crippen LogP contribution in [0.5, 0.6) is 0 Å². The van der Waals surface area contributed by atoms with Crippen LogP contribution in [-0.2, 0) is 4.79 Å². The summed E-state index contributed by atoms with van der Waals surface area (Å²) in [6.45, 7) is 0. The van der Waals surface area contributed by atoms with Crippen molar-refractivity contribution in [1.82, 2.24) is 0 Å². The van der Waals surface area contributed by atoms with Gasteiger partial charge in [0.15, 0.2) is 0 Å². The number of nitrogens with two attached hydrogens (primary N) is 1. The molecule has 0 unspecified atom stereocenters. The molecule has 0 amide bonds. The summed E-state index contributed by atoms with van der Waals surface area (Å²) in [5.74, 6) is -0.00914. The van der Waals surface area contributed by atoms with Gasteiger partial charge in [-0.15, -0.1) is 12.4 Å². The first kappa shape index (κ1) is 14.1. The molecule has 0 aromatic rings.